The first-order valence-electron chi connectivity index (χ1n) is 9.64. The molecule has 1 aromatic rings. The number of fused-ring (bicyclic) bond motifs is 2. The highest BCUT2D eigenvalue weighted by molar-refractivity contribution is 5.84. The molecular formula is C21H24N2O3. The minimum absolute atomic E-state index is 0.0570. The zero-order valence-corrected chi connectivity index (χ0v) is 15.1. The zero-order valence-electron chi connectivity index (χ0n) is 15.1. The van der Waals surface area contributed by atoms with Gasteiger partial charge in [-0.3, -0.25) is 9.69 Å². The molecule has 5 bridgehead atoms. The average molecular weight is 352 g/mol. The van der Waals surface area contributed by atoms with Gasteiger partial charge in [0.1, 0.15) is 5.41 Å². The van der Waals surface area contributed by atoms with E-state index in [1.54, 1.807) is 0 Å². The van der Waals surface area contributed by atoms with Gasteiger partial charge in [0, 0.05) is 35.6 Å². The molecular weight excluding hydrogens is 328 g/mol. The number of nitrogens with one attached hydrogen (secondary N) is 1. The Kier molecular flexibility index (Phi) is 2.65. The van der Waals surface area contributed by atoms with Gasteiger partial charge in [-0.15, -0.1) is 0 Å². The van der Waals surface area contributed by atoms with E-state index in [4.69, 9.17) is 4.74 Å². The first kappa shape index (κ1) is 15.2. The predicted octanol–water partition coefficient (Wildman–Crippen LogP) is 1.68. The molecule has 136 valence electrons. The number of benzene rings is 1. The molecule has 0 radical (unpaired) electrons. The van der Waals surface area contributed by atoms with Gasteiger partial charge in [0.2, 0.25) is 0 Å². The quantitative estimate of drug-likeness (QED) is 0.595. The van der Waals surface area contributed by atoms with Crippen LogP contribution >= 0.6 is 0 Å². The van der Waals surface area contributed by atoms with E-state index in [-0.39, 0.29) is 24.0 Å². The summed E-state index contributed by atoms with van der Waals surface area (Å²) in [5, 5.41) is 15.6. The standard InChI is InChI=1S/C21H24N2O3/c1-3-11-10-23-15-8-13(11)21(19(25)26-2)16(23)9-20(18(21)24)12-6-4-5-7-14(12)22-17(15)20/h3-7,13,15-18,22,24H,8-10H2,1-2H3/b11-3-/t13-,15+,16-,17-,18+,20+,21+/m1/s1. The maximum Gasteiger partial charge on any atom is 0.316 e. The first-order valence-corrected chi connectivity index (χ1v) is 9.64. The minimum Gasteiger partial charge on any atom is -0.468 e. The van der Waals surface area contributed by atoms with Gasteiger partial charge in [-0.1, -0.05) is 29.8 Å². The molecule has 6 aliphatic rings. The third-order valence-electron chi connectivity index (χ3n) is 8.30. The fourth-order valence-corrected chi connectivity index (χ4v) is 7.49. The van der Waals surface area contributed by atoms with Crippen LogP contribution in [0.3, 0.4) is 0 Å². The molecule has 0 amide bonds. The Morgan fingerprint density at radius 2 is 2.23 bits per heavy atom. The first-order chi connectivity index (χ1) is 12.6. The Hall–Kier alpha value is -1.85. The number of nitrogens with zero attached hydrogens (tertiary/aromatic N) is 1. The van der Waals surface area contributed by atoms with Crippen LogP contribution in [-0.2, 0) is 14.9 Å². The molecule has 5 aliphatic heterocycles. The monoisotopic (exact) mass is 352 g/mol. The number of carbonyl (C=O) groups excluding carboxylic acids is 1. The van der Waals surface area contributed by atoms with E-state index in [2.05, 4.69) is 35.3 Å². The lowest BCUT2D eigenvalue weighted by Crippen LogP contribution is -2.71. The van der Waals surface area contributed by atoms with E-state index < -0.39 is 16.9 Å². The molecule has 7 rings (SSSR count). The van der Waals surface area contributed by atoms with Crippen LogP contribution in [0.15, 0.2) is 35.9 Å². The van der Waals surface area contributed by atoms with Crippen molar-refractivity contribution in [2.75, 3.05) is 19.0 Å². The van der Waals surface area contributed by atoms with Gasteiger partial charge in [-0.05, 0) is 31.4 Å². The fraction of sp³-hybridized carbons (Fsp3) is 0.571. The Balaban J connectivity index is 1.65. The average Bonchev–Trinajstić information content (AvgIpc) is 3.13. The van der Waals surface area contributed by atoms with Gasteiger partial charge >= 0.3 is 5.97 Å². The van der Waals surface area contributed by atoms with Crippen molar-refractivity contribution in [3.63, 3.8) is 0 Å². The van der Waals surface area contributed by atoms with Crippen LogP contribution in [0.4, 0.5) is 5.69 Å². The number of aliphatic hydroxyl groups is 1. The molecule has 26 heavy (non-hydrogen) atoms. The lowest BCUT2D eigenvalue weighted by Gasteiger charge is -2.60. The number of aliphatic hydroxyl groups excluding tert-OH is 1. The fourth-order valence-electron chi connectivity index (χ4n) is 7.49. The second-order valence-electron chi connectivity index (χ2n) is 8.65. The Morgan fingerprint density at radius 3 is 3.00 bits per heavy atom. The molecule has 5 heterocycles. The van der Waals surface area contributed by atoms with E-state index >= 15 is 0 Å². The number of para-hydroxylation sites is 1. The van der Waals surface area contributed by atoms with Crippen LogP contribution in [0.5, 0.6) is 0 Å². The summed E-state index contributed by atoms with van der Waals surface area (Å²) < 4.78 is 5.34. The van der Waals surface area contributed by atoms with Crippen molar-refractivity contribution < 1.29 is 14.6 Å². The number of piperidine rings is 4. The van der Waals surface area contributed by atoms with Crippen LogP contribution in [0.1, 0.15) is 25.3 Å². The van der Waals surface area contributed by atoms with E-state index in [1.165, 1.54) is 18.2 Å². The molecule has 8 atom stereocenters. The van der Waals surface area contributed by atoms with Crippen LogP contribution < -0.4 is 5.32 Å². The number of allylic oxidation sites excluding steroid dienone is 1. The van der Waals surface area contributed by atoms with E-state index in [9.17, 15) is 9.90 Å². The summed E-state index contributed by atoms with van der Waals surface area (Å²) in [6, 6.07) is 8.89. The Labute approximate surface area is 153 Å². The van der Waals surface area contributed by atoms with Crippen molar-refractivity contribution >= 4 is 11.7 Å². The smallest absolute Gasteiger partial charge is 0.316 e. The lowest BCUT2D eigenvalue weighted by atomic mass is 9.58. The van der Waals surface area contributed by atoms with Crippen molar-refractivity contribution in [3.05, 3.63) is 41.5 Å². The molecule has 1 aromatic carbocycles. The van der Waals surface area contributed by atoms with Crippen LogP contribution in [0.2, 0.25) is 0 Å². The lowest BCUT2D eigenvalue weighted by molar-refractivity contribution is -0.179. The molecule has 1 spiro atoms. The van der Waals surface area contributed by atoms with Gasteiger partial charge in [0.25, 0.3) is 0 Å². The normalized spacial score (nSPS) is 50.5. The molecule has 1 unspecified atom stereocenters. The number of anilines is 1. The number of esters is 1. The summed E-state index contributed by atoms with van der Waals surface area (Å²) in [6.07, 6.45) is 3.15. The third kappa shape index (κ3) is 1.28. The van der Waals surface area contributed by atoms with Crippen LogP contribution in [-0.4, -0.2) is 53.9 Å². The largest absolute Gasteiger partial charge is 0.468 e. The minimum atomic E-state index is -0.848. The highest BCUT2D eigenvalue weighted by Gasteiger charge is 2.82. The number of rotatable bonds is 1. The number of methoxy groups -OCH3 is 1. The summed E-state index contributed by atoms with van der Waals surface area (Å²) in [7, 11) is 1.46. The summed E-state index contributed by atoms with van der Waals surface area (Å²) in [5.74, 6) is -0.154. The topological polar surface area (TPSA) is 61.8 Å². The maximum atomic E-state index is 13.2. The summed E-state index contributed by atoms with van der Waals surface area (Å²) in [6.45, 7) is 2.96. The molecule has 2 N–H and O–H groups in total. The van der Waals surface area contributed by atoms with Crippen molar-refractivity contribution in [1.29, 1.82) is 0 Å². The predicted molar refractivity (Wildman–Crippen MR) is 96.7 cm³/mol. The second kappa shape index (κ2) is 4.52. The second-order valence-corrected chi connectivity index (χ2v) is 8.65. The molecule has 0 aromatic heterocycles. The van der Waals surface area contributed by atoms with Gasteiger partial charge < -0.3 is 15.2 Å². The number of ether oxygens (including phenoxy) is 1. The molecule has 4 saturated heterocycles. The van der Waals surface area contributed by atoms with E-state index in [1.807, 2.05) is 12.1 Å². The Morgan fingerprint density at radius 1 is 1.42 bits per heavy atom. The van der Waals surface area contributed by atoms with Crippen molar-refractivity contribution in [2.45, 2.75) is 49.4 Å². The highest BCUT2D eigenvalue weighted by Crippen LogP contribution is 2.71. The van der Waals surface area contributed by atoms with E-state index in [0.29, 0.717) is 6.04 Å². The zero-order chi connectivity index (χ0) is 17.8. The van der Waals surface area contributed by atoms with Crippen LogP contribution in [0.25, 0.3) is 0 Å². The van der Waals surface area contributed by atoms with Crippen molar-refractivity contribution in [2.24, 2.45) is 11.3 Å². The third-order valence-corrected chi connectivity index (χ3v) is 8.30. The summed E-state index contributed by atoms with van der Waals surface area (Å²) >= 11 is 0. The van der Waals surface area contributed by atoms with Crippen LogP contribution in [0, 0.1) is 11.3 Å². The maximum absolute atomic E-state index is 13.2. The number of carbonyl (C=O) groups is 1. The molecule has 5 fully saturated rings. The van der Waals surface area contributed by atoms with Gasteiger partial charge in [0.15, 0.2) is 0 Å². The number of hydrogen-bond acceptors (Lipinski definition) is 5. The van der Waals surface area contributed by atoms with Crippen molar-refractivity contribution in [3.8, 4) is 0 Å². The van der Waals surface area contributed by atoms with Gasteiger partial charge in [0.05, 0.1) is 19.3 Å². The summed E-state index contributed by atoms with van der Waals surface area (Å²) in [4.78, 5) is 15.7. The molecule has 1 saturated carbocycles. The van der Waals surface area contributed by atoms with E-state index in [0.717, 1.165) is 25.1 Å². The van der Waals surface area contributed by atoms with Gasteiger partial charge in [-0.25, -0.2) is 0 Å². The summed E-state index contributed by atoms with van der Waals surface area (Å²) in [5.41, 5.74) is 2.34. The van der Waals surface area contributed by atoms with Crippen molar-refractivity contribution in [1.82, 2.24) is 4.90 Å². The SMILES string of the molecule is C/C=C1/CN2[C@H]3C[C@H]1[C@]1(C(=O)OC)[C@H]2C[C@@]2(c4ccccc4N[C@H]32)[C@@H]1O. The molecule has 1 aliphatic carbocycles. The molecule has 5 heteroatoms. The number of hydrogen-bond donors (Lipinski definition) is 2. The molecule has 5 nitrogen and oxygen atoms in total. The Bertz CT molecular complexity index is 867. The van der Waals surface area contributed by atoms with Gasteiger partial charge in [-0.2, -0.15) is 0 Å². The highest BCUT2D eigenvalue weighted by atomic mass is 16.5.